The Morgan fingerprint density at radius 2 is 2.05 bits per heavy atom. The number of nitrogens with zero attached hydrogens (tertiary/aromatic N) is 2. The van der Waals surface area contributed by atoms with E-state index in [2.05, 4.69) is 35.2 Å². The zero-order valence-electron chi connectivity index (χ0n) is 12.3. The van der Waals surface area contributed by atoms with E-state index in [1.165, 1.54) is 30.5 Å². The first-order valence-electron chi connectivity index (χ1n) is 7.76. The Balaban J connectivity index is 2.10. The Bertz CT molecular complexity index is 546. The molecular weight excluding hydrogens is 268 g/mol. The van der Waals surface area contributed by atoms with E-state index in [1.54, 1.807) is 0 Å². The van der Waals surface area contributed by atoms with Crippen molar-refractivity contribution in [1.29, 1.82) is 0 Å². The van der Waals surface area contributed by atoms with Crippen molar-refractivity contribution in [3.05, 3.63) is 33.2 Å². The lowest BCUT2D eigenvalue weighted by Crippen LogP contribution is -2.37. The average Bonchev–Trinajstić information content (AvgIpc) is 2.47. The van der Waals surface area contributed by atoms with Gasteiger partial charge in [-0.2, -0.15) is 12.6 Å². The number of pyridine rings is 1. The van der Waals surface area contributed by atoms with Crippen LogP contribution in [-0.2, 0) is 18.7 Å². The van der Waals surface area contributed by atoms with Gasteiger partial charge in [0.25, 0.3) is 5.56 Å². The van der Waals surface area contributed by atoms with Crippen LogP contribution in [0.15, 0.2) is 10.9 Å². The van der Waals surface area contributed by atoms with Crippen LogP contribution in [0.1, 0.15) is 55.0 Å². The third-order valence-corrected chi connectivity index (χ3v) is 5.12. The lowest BCUT2D eigenvalue weighted by molar-refractivity contribution is 0.285. The first-order chi connectivity index (χ1) is 9.70. The fourth-order valence-corrected chi connectivity index (χ4v) is 3.94. The van der Waals surface area contributed by atoms with Crippen LogP contribution in [0.25, 0.3) is 0 Å². The molecule has 3 nitrogen and oxygen atoms in total. The molecule has 0 radical (unpaired) electrons. The molecule has 4 heteroatoms. The van der Waals surface area contributed by atoms with Crippen molar-refractivity contribution in [2.75, 3.05) is 13.6 Å². The third kappa shape index (κ3) is 2.56. The molecule has 1 aromatic heterocycles. The maximum atomic E-state index is 12.8. The van der Waals surface area contributed by atoms with Crippen LogP contribution in [0.5, 0.6) is 0 Å². The van der Waals surface area contributed by atoms with E-state index in [1.807, 2.05) is 0 Å². The molecule has 0 aromatic carbocycles. The van der Waals surface area contributed by atoms with Gasteiger partial charge in [0.15, 0.2) is 0 Å². The van der Waals surface area contributed by atoms with Crippen molar-refractivity contribution in [2.45, 2.75) is 56.9 Å². The van der Waals surface area contributed by atoms with Crippen LogP contribution >= 0.6 is 12.6 Å². The van der Waals surface area contributed by atoms with Gasteiger partial charge in [-0.1, -0.05) is 19.3 Å². The summed E-state index contributed by atoms with van der Waals surface area (Å²) in [4.78, 5) is 15.1. The third-order valence-electron chi connectivity index (χ3n) is 4.78. The summed E-state index contributed by atoms with van der Waals surface area (Å²) >= 11 is 4.35. The highest BCUT2D eigenvalue weighted by Gasteiger charge is 2.25. The van der Waals surface area contributed by atoms with Crippen LogP contribution in [-0.4, -0.2) is 23.1 Å². The molecule has 110 valence electrons. The molecule has 20 heavy (non-hydrogen) atoms. The quantitative estimate of drug-likeness (QED) is 0.848. The van der Waals surface area contributed by atoms with Crippen molar-refractivity contribution in [2.24, 2.45) is 0 Å². The van der Waals surface area contributed by atoms with E-state index < -0.39 is 0 Å². The van der Waals surface area contributed by atoms with Crippen molar-refractivity contribution >= 4 is 12.6 Å². The average molecular weight is 292 g/mol. The first-order valence-corrected chi connectivity index (χ1v) is 8.39. The minimum Gasteiger partial charge on any atom is -0.309 e. The molecule has 1 aliphatic heterocycles. The maximum Gasteiger partial charge on any atom is 0.255 e. The predicted octanol–water partition coefficient (Wildman–Crippen LogP) is 2.77. The van der Waals surface area contributed by atoms with Gasteiger partial charge in [0.05, 0.1) is 0 Å². The highest BCUT2D eigenvalue weighted by Crippen LogP contribution is 2.30. The molecule has 0 spiro atoms. The SMILES string of the molecule is CN1CCc2c(cc(CS)c(=O)n2C2CCCCC2)C1. The normalized spacial score (nSPS) is 20.9. The molecule has 1 fully saturated rings. The van der Waals surface area contributed by atoms with Crippen LogP contribution < -0.4 is 5.56 Å². The van der Waals surface area contributed by atoms with Gasteiger partial charge in [-0.3, -0.25) is 4.79 Å². The molecule has 1 aliphatic carbocycles. The minimum absolute atomic E-state index is 0.218. The van der Waals surface area contributed by atoms with E-state index in [0.29, 0.717) is 11.8 Å². The van der Waals surface area contributed by atoms with E-state index in [9.17, 15) is 4.79 Å². The summed E-state index contributed by atoms with van der Waals surface area (Å²) in [7, 11) is 2.15. The van der Waals surface area contributed by atoms with E-state index in [0.717, 1.165) is 37.9 Å². The van der Waals surface area contributed by atoms with Crippen LogP contribution in [0.3, 0.4) is 0 Å². The van der Waals surface area contributed by atoms with E-state index >= 15 is 0 Å². The van der Waals surface area contributed by atoms with E-state index in [4.69, 9.17) is 0 Å². The van der Waals surface area contributed by atoms with Crippen LogP contribution in [0.4, 0.5) is 0 Å². The smallest absolute Gasteiger partial charge is 0.255 e. The van der Waals surface area contributed by atoms with Gasteiger partial charge in [0, 0.05) is 42.6 Å². The molecule has 2 aliphatic rings. The largest absolute Gasteiger partial charge is 0.309 e. The summed E-state index contributed by atoms with van der Waals surface area (Å²) in [6, 6.07) is 2.52. The van der Waals surface area contributed by atoms with Gasteiger partial charge in [0.2, 0.25) is 0 Å². The molecule has 0 N–H and O–H groups in total. The minimum atomic E-state index is 0.218. The molecule has 2 heterocycles. The number of aromatic nitrogens is 1. The highest BCUT2D eigenvalue weighted by molar-refractivity contribution is 7.79. The second-order valence-corrected chi connectivity index (χ2v) is 6.57. The summed E-state index contributed by atoms with van der Waals surface area (Å²) in [5.41, 5.74) is 3.72. The molecular formula is C16H24N2OS. The molecule has 1 aromatic rings. The number of likely N-dealkylation sites (N-methyl/N-ethyl adjacent to an activating group) is 1. The Labute approximate surface area is 126 Å². The Hall–Kier alpha value is -0.740. The second-order valence-electron chi connectivity index (χ2n) is 6.25. The number of hydrogen-bond acceptors (Lipinski definition) is 3. The van der Waals surface area contributed by atoms with Crippen LogP contribution in [0.2, 0.25) is 0 Å². The summed E-state index contributed by atoms with van der Waals surface area (Å²) in [6.45, 7) is 2.02. The molecule has 0 atom stereocenters. The number of thiol groups is 1. The zero-order valence-corrected chi connectivity index (χ0v) is 13.2. The van der Waals surface area contributed by atoms with Crippen molar-refractivity contribution in [3.8, 4) is 0 Å². The Morgan fingerprint density at radius 1 is 1.30 bits per heavy atom. The van der Waals surface area contributed by atoms with Gasteiger partial charge < -0.3 is 9.47 Å². The number of hydrogen-bond donors (Lipinski definition) is 1. The molecule has 3 rings (SSSR count). The monoisotopic (exact) mass is 292 g/mol. The second kappa shape index (κ2) is 5.94. The first kappa shape index (κ1) is 14.2. The predicted molar refractivity (Wildman–Crippen MR) is 85.6 cm³/mol. The van der Waals surface area contributed by atoms with E-state index in [-0.39, 0.29) is 5.56 Å². The summed E-state index contributed by atoms with van der Waals surface area (Å²) in [5, 5.41) is 0. The van der Waals surface area contributed by atoms with Crippen LogP contribution in [0, 0.1) is 0 Å². The van der Waals surface area contributed by atoms with Gasteiger partial charge in [-0.05, 0) is 31.5 Å². The molecule has 0 bridgehead atoms. The van der Waals surface area contributed by atoms with Gasteiger partial charge in [-0.15, -0.1) is 0 Å². The topological polar surface area (TPSA) is 25.2 Å². The van der Waals surface area contributed by atoms with Crippen molar-refractivity contribution < 1.29 is 0 Å². The molecule has 0 unspecified atom stereocenters. The Morgan fingerprint density at radius 3 is 2.75 bits per heavy atom. The van der Waals surface area contributed by atoms with Crippen molar-refractivity contribution in [3.63, 3.8) is 0 Å². The zero-order chi connectivity index (χ0) is 14.1. The lowest BCUT2D eigenvalue weighted by atomic mass is 9.93. The molecule has 0 amide bonds. The maximum absolute atomic E-state index is 12.8. The standard InChI is InChI=1S/C16H24N2OS/c1-17-8-7-15-12(10-17)9-13(11-20)16(19)18(15)14-5-3-2-4-6-14/h9,14,20H,2-8,10-11H2,1H3. The summed E-state index contributed by atoms with van der Waals surface area (Å²) in [5.74, 6) is 0.544. The number of rotatable bonds is 2. The number of fused-ring (bicyclic) bond motifs is 1. The Kier molecular flexibility index (Phi) is 4.22. The fraction of sp³-hybridized carbons (Fsp3) is 0.688. The summed E-state index contributed by atoms with van der Waals surface area (Å²) in [6.07, 6.45) is 7.18. The summed E-state index contributed by atoms with van der Waals surface area (Å²) < 4.78 is 2.15. The van der Waals surface area contributed by atoms with Gasteiger partial charge in [-0.25, -0.2) is 0 Å². The highest BCUT2D eigenvalue weighted by atomic mass is 32.1. The molecule has 1 saturated carbocycles. The van der Waals surface area contributed by atoms with Crippen molar-refractivity contribution in [1.82, 2.24) is 9.47 Å². The van der Waals surface area contributed by atoms with Gasteiger partial charge >= 0.3 is 0 Å². The fourth-order valence-electron chi connectivity index (χ4n) is 3.71. The van der Waals surface area contributed by atoms with Gasteiger partial charge in [0.1, 0.15) is 0 Å². The molecule has 0 saturated heterocycles. The lowest BCUT2D eigenvalue weighted by Gasteiger charge is -2.33.